The van der Waals surface area contributed by atoms with E-state index >= 15 is 0 Å². The van der Waals surface area contributed by atoms with Crippen LogP contribution in [0.4, 0.5) is 11.4 Å². The molecule has 0 fully saturated rings. The number of carbonyl (C=O) groups is 2. The van der Waals surface area contributed by atoms with Gasteiger partial charge in [0, 0.05) is 58.5 Å². The molecule has 12 heteroatoms. The Hall–Kier alpha value is -6.30. The summed E-state index contributed by atoms with van der Waals surface area (Å²) >= 11 is 0. The molecule has 0 saturated heterocycles. The van der Waals surface area contributed by atoms with Crippen molar-refractivity contribution in [3.63, 3.8) is 0 Å². The number of carboxylic acids is 2. The maximum Gasteiger partial charge on any atom is 0.323 e. The lowest BCUT2D eigenvalue weighted by Gasteiger charge is -2.00. The molecule has 0 bridgehead atoms. The highest BCUT2D eigenvalue weighted by atomic mass is 16.6. The van der Waals surface area contributed by atoms with Gasteiger partial charge in [-0.15, -0.1) is 0 Å². The monoisotopic (exact) mass is 620 g/mol. The van der Waals surface area contributed by atoms with Crippen LogP contribution < -0.4 is 0 Å². The van der Waals surface area contributed by atoms with E-state index in [1.165, 1.54) is 12.1 Å². The van der Waals surface area contributed by atoms with Gasteiger partial charge in [-0.25, -0.2) is 0 Å². The summed E-state index contributed by atoms with van der Waals surface area (Å²) < 4.78 is 3.37. The van der Waals surface area contributed by atoms with Gasteiger partial charge in [0.15, 0.2) is 0 Å². The standard InChI is InChI=1S/2C17H14N2O4/c2*20-17(21)11-18-10-13(15-6-1-2-7-16(15)18)8-12-4-3-5-14(9-12)19(22)23/h2*1-7,9-10H,8,11H2,(H,20,21). The summed E-state index contributed by atoms with van der Waals surface area (Å²) in [5.41, 5.74) is 5.32. The van der Waals surface area contributed by atoms with E-state index in [1.807, 2.05) is 60.7 Å². The molecule has 0 radical (unpaired) electrons. The molecule has 0 amide bonds. The van der Waals surface area contributed by atoms with Crippen LogP contribution in [-0.2, 0) is 35.5 Å². The number of benzene rings is 4. The number of hydrogen-bond acceptors (Lipinski definition) is 6. The molecule has 4 aromatic carbocycles. The fourth-order valence-corrected chi connectivity index (χ4v) is 5.48. The molecule has 0 unspecified atom stereocenters. The summed E-state index contributed by atoms with van der Waals surface area (Å²) in [5, 5.41) is 41.7. The van der Waals surface area contributed by atoms with E-state index in [1.54, 1.807) is 45.8 Å². The molecule has 0 aliphatic rings. The Balaban J connectivity index is 0.000000181. The van der Waals surface area contributed by atoms with Crippen LogP contribution >= 0.6 is 0 Å². The average Bonchev–Trinajstić information content (AvgIpc) is 3.54. The van der Waals surface area contributed by atoms with Gasteiger partial charge in [0.1, 0.15) is 13.1 Å². The van der Waals surface area contributed by atoms with Crippen molar-refractivity contribution in [1.29, 1.82) is 0 Å². The minimum absolute atomic E-state index is 0.0526. The lowest BCUT2D eigenvalue weighted by Crippen LogP contribution is -2.07. The average molecular weight is 621 g/mol. The number of non-ortho nitro benzene ring substituents is 2. The van der Waals surface area contributed by atoms with Crippen LogP contribution in [0.5, 0.6) is 0 Å². The third-order valence-electron chi connectivity index (χ3n) is 7.39. The Labute approximate surface area is 261 Å². The highest BCUT2D eigenvalue weighted by molar-refractivity contribution is 5.86. The molecule has 6 rings (SSSR count). The van der Waals surface area contributed by atoms with E-state index in [4.69, 9.17) is 10.2 Å². The van der Waals surface area contributed by atoms with Gasteiger partial charge in [0.2, 0.25) is 0 Å². The van der Waals surface area contributed by atoms with E-state index in [-0.39, 0.29) is 24.5 Å². The molecular weight excluding hydrogens is 592 g/mol. The summed E-state index contributed by atoms with van der Waals surface area (Å²) in [5.74, 6) is -1.82. The Morgan fingerprint density at radius 2 is 0.978 bits per heavy atom. The molecule has 2 N–H and O–H groups in total. The molecule has 46 heavy (non-hydrogen) atoms. The van der Waals surface area contributed by atoms with Crippen molar-refractivity contribution in [3.8, 4) is 0 Å². The fourth-order valence-electron chi connectivity index (χ4n) is 5.48. The molecule has 6 aromatic rings. The normalized spacial score (nSPS) is 10.8. The van der Waals surface area contributed by atoms with Crippen molar-refractivity contribution in [2.24, 2.45) is 0 Å². The van der Waals surface area contributed by atoms with Gasteiger partial charge in [-0.1, -0.05) is 60.7 Å². The lowest BCUT2D eigenvalue weighted by atomic mass is 10.0. The Kier molecular flexibility index (Phi) is 9.18. The smallest absolute Gasteiger partial charge is 0.323 e. The van der Waals surface area contributed by atoms with Gasteiger partial charge in [0.05, 0.1) is 9.85 Å². The van der Waals surface area contributed by atoms with Crippen molar-refractivity contribution >= 4 is 45.1 Å². The van der Waals surface area contributed by atoms with E-state index in [0.29, 0.717) is 12.8 Å². The Morgan fingerprint density at radius 3 is 1.35 bits per heavy atom. The number of aliphatic carboxylic acids is 2. The van der Waals surface area contributed by atoms with Crippen LogP contribution in [0.25, 0.3) is 21.8 Å². The zero-order valence-corrected chi connectivity index (χ0v) is 24.4. The van der Waals surface area contributed by atoms with Crippen molar-refractivity contribution in [1.82, 2.24) is 9.13 Å². The predicted molar refractivity (Wildman–Crippen MR) is 171 cm³/mol. The van der Waals surface area contributed by atoms with Gasteiger partial charge < -0.3 is 19.3 Å². The molecule has 0 aliphatic heterocycles. The number of hydrogen-bond donors (Lipinski definition) is 2. The first kappa shape index (κ1) is 31.1. The van der Waals surface area contributed by atoms with Crippen molar-refractivity contribution < 1.29 is 29.6 Å². The second-order valence-corrected chi connectivity index (χ2v) is 10.6. The van der Waals surface area contributed by atoms with Crippen LogP contribution in [0.15, 0.2) is 109 Å². The molecule has 232 valence electrons. The van der Waals surface area contributed by atoms with Crippen molar-refractivity contribution in [3.05, 3.63) is 152 Å². The molecular formula is C34H28N4O8. The number of nitro benzene ring substituents is 2. The Bertz CT molecular complexity index is 1950. The molecule has 2 aromatic heterocycles. The maximum atomic E-state index is 11.0. The number of carboxylic acid groups (broad SMARTS) is 2. The van der Waals surface area contributed by atoms with E-state index < -0.39 is 21.8 Å². The molecule has 0 saturated carbocycles. The minimum atomic E-state index is -0.910. The number of para-hydroxylation sites is 2. The first-order valence-electron chi connectivity index (χ1n) is 14.1. The van der Waals surface area contributed by atoms with Gasteiger partial charge >= 0.3 is 11.9 Å². The second-order valence-electron chi connectivity index (χ2n) is 10.6. The quantitative estimate of drug-likeness (QED) is 0.130. The lowest BCUT2D eigenvalue weighted by molar-refractivity contribution is -0.385. The first-order valence-corrected chi connectivity index (χ1v) is 14.1. The topological polar surface area (TPSA) is 171 Å². The van der Waals surface area contributed by atoms with Crippen LogP contribution in [0.1, 0.15) is 22.3 Å². The highest BCUT2D eigenvalue weighted by Gasteiger charge is 2.14. The fraction of sp³-hybridized carbons (Fsp3) is 0.118. The zero-order valence-electron chi connectivity index (χ0n) is 24.4. The SMILES string of the molecule is O=C(O)Cn1cc(Cc2cccc([N+](=O)[O-])c2)c2ccccc21.O=C(O)Cn1cc(Cc2cccc([N+](=O)[O-])c2)c2ccccc21. The first-order chi connectivity index (χ1) is 22.1. The summed E-state index contributed by atoms with van der Waals surface area (Å²) in [7, 11) is 0. The maximum absolute atomic E-state index is 11.0. The van der Waals surface area contributed by atoms with Crippen molar-refractivity contribution in [2.45, 2.75) is 25.9 Å². The van der Waals surface area contributed by atoms with Crippen LogP contribution in [0.3, 0.4) is 0 Å². The van der Waals surface area contributed by atoms with Gasteiger partial charge in [0.25, 0.3) is 11.4 Å². The second kappa shape index (κ2) is 13.6. The van der Waals surface area contributed by atoms with Gasteiger partial charge in [-0.2, -0.15) is 0 Å². The molecule has 12 nitrogen and oxygen atoms in total. The number of aromatic nitrogens is 2. The van der Waals surface area contributed by atoms with Crippen molar-refractivity contribution in [2.75, 3.05) is 0 Å². The highest BCUT2D eigenvalue weighted by Crippen LogP contribution is 2.26. The Morgan fingerprint density at radius 1 is 0.587 bits per heavy atom. The summed E-state index contributed by atoms with van der Waals surface area (Å²) in [6, 6.07) is 28.1. The van der Waals surface area contributed by atoms with Crippen LogP contribution in [0.2, 0.25) is 0 Å². The summed E-state index contributed by atoms with van der Waals surface area (Å²) in [6.45, 7) is -0.231. The molecule has 2 heterocycles. The van der Waals surface area contributed by atoms with Crippen LogP contribution in [-0.4, -0.2) is 41.1 Å². The number of nitro groups is 2. The van der Waals surface area contributed by atoms with E-state index in [2.05, 4.69) is 0 Å². The molecule has 0 aliphatic carbocycles. The predicted octanol–water partition coefficient (Wildman–Crippen LogP) is 6.45. The van der Waals surface area contributed by atoms with Gasteiger partial charge in [-0.05, 0) is 47.2 Å². The molecule has 0 spiro atoms. The largest absolute Gasteiger partial charge is 0.480 e. The minimum Gasteiger partial charge on any atom is -0.480 e. The zero-order chi connectivity index (χ0) is 32.8. The number of nitrogens with zero attached hydrogens (tertiary/aromatic N) is 4. The summed E-state index contributed by atoms with van der Waals surface area (Å²) in [6.07, 6.45) is 4.62. The molecule has 0 atom stereocenters. The number of rotatable bonds is 10. The third-order valence-corrected chi connectivity index (χ3v) is 7.39. The van der Waals surface area contributed by atoms with E-state index in [0.717, 1.165) is 44.1 Å². The number of fused-ring (bicyclic) bond motifs is 2. The third kappa shape index (κ3) is 7.25. The van der Waals surface area contributed by atoms with E-state index in [9.17, 15) is 29.8 Å². The van der Waals surface area contributed by atoms with Crippen LogP contribution in [0, 0.1) is 20.2 Å². The van der Waals surface area contributed by atoms with Gasteiger partial charge in [-0.3, -0.25) is 29.8 Å². The summed E-state index contributed by atoms with van der Waals surface area (Å²) in [4.78, 5) is 42.9.